The number of aliphatic hydroxyl groups excluding tert-OH is 1. The molecule has 0 spiro atoms. The van der Waals surface area contributed by atoms with Crippen molar-refractivity contribution in [3.05, 3.63) is 0 Å². The molecule has 110 valence electrons. The van der Waals surface area contributed by atoms with Crippen LogP contribution in [0.1, 0.15) is 51.4 Å². The van der Waals surface area contributed by atoms with Crippen molar-refractivity contribution in [1.29, 1.82) is 0 Å². The Hall–Kier alpha value is -0.610. The average Bonchev–Trinajstić information content (AvgIpc) is 2.91. The topological polar surface area (TPSA) is 52.6 Å². The quantitative estimate of drug-likeness (QED) is 0.813. The molecule has 0 unspecified atom stereocenters. The van der Waals surface area contributed by atoms with E-state index in [4.69, 9.17) is 0 Å². The first-order valence-corrected chi connectivity index (χ1v) is 7.66. The van der Waals surface area contributed by atoms with Crippen LogP contribution in [0.3, 0.4) is 0 Å². The highest BCUT2D eigenvalue weighted by atomic mass is 16.3. The molecule has 0 saturated heterocycles. The van der Waals surface area contributed by atoms with Crippen LogP contribution in [0, 0.1) is 5.92 Å². The van der Waals surface area contributed by atoms with E-state index < -0.39 is 0 Å². The summed E-state index contributed by atoms with van der Waals surface area (Å²) in [4.78, 5) is 14.4. The second kappa shape index (κ2) is 6.23. The number of carbonyl (C=O) groups excluding carboxylic acids is 1. The van der Waals surface area contributed by atoms with E-state index in [9.17, 15) is 9.90 Å². The molecule has 0 atom stereocenters. The normalized spacial score (nSPS) is 32.7. The van der Waals surface area contributed by atoms with Gasteiger partial charge in [-0.25, -0.2) is 0 Å². The van der Waals surface area contributed by atoms with Gasteiger partial charge >= 0.3 is 0 Å². The summed E-state index contributed by atoms with van der Waals surface area (Å²) in [7, 11) is 4.05. The summed E-state index contributed by atoms with van der Waals surface area (Å²) in [5.41, 5.74) is -0.107. The molecule has 2 aliphatic rings. The largest absolute Gasteiger partial charge is 0.394 e. The maximum atomic E-state index is 12.2. The van der Waals surface area contributed by atoms with Crippen LogP contribution >= 0.6 is 0 Å². The number of amides is 1. The molecule has 2 N–H and O–H groups in total. The summed E-state index contributed by atoms with van der Waals surface area (Å²) < 4.78 is 0. The van der Waals surface area contributed by atoms with E-state index in [1.807, 2.05) is 14.1 Å². The second-order valence-corrected chi connectivity index (χ2v) is 6.54. The third-order valence-electron chi connectivity index (χ3n) is 5.23. The number of hydrogen-bond donors (Lipinski definition) is 2. The van der Waals surface area contributed by atoms with Crippen LogP contribution in [0.5, 0.6) is 0 Å². The summed E-state index contributed by atoms with van der Waals surface area (Å²) in [5, 5.41) is 12.8. The lowest BCUT2D eigenvalue weighted by Crippen LogP contribution is -2.51. The summed E-state index contributed by atoms with van der Waals surface area (Å²) in [6.07, 6.45) is 8.44. The highest BCUT2D eigenvalue weighted by Gasteiger charge is 2.38. The van der Waals surface area contributed by atoms with Crippen LogP contribution in [0.25, 0.3) is 0 Å². The van der Waals surface area contributed by atoms with Gasteiger partial charge in [0, 0.05) is 17.5 Å². The molecule has 2 rings (SSSR count). The molecule has 0 aliphatic heterocycles. The van der Waals surface area contributed by atoms with Crippen molar-refractivity contribution in [2.24, 2.45) is 5.92 Å². The molecule has 2 aliphatic carbocycles. The van der Waals surface area contributed by atoms with Gasteiger partial charge in [-0.3, -0.25) is 4.79 Å². The lowest BCUT2D eigenvalue weighted by atomic mass is 9.75. The lowest BCUT2D eigenvalue weighted by Gasteiger charge is -2.43. The Bertz CT molecular complexity index is 303. The lowest BCUT2D eigenvalue weighted by molar-refractivity contribution is -0.128. The van der Waals surface area contributed by atoms with Gasteiger partial charge in [-0.1, -0.05) is 12.8 Å². The van der Waals surface area contributed by atoms with Crippen molar-refractivity contribution in [3.8, 4) is 0 Å². The van der Waals surface area contributed by atoms with E-state index in [0.717, 1.165) is 38.5 Å². The highest BCUT2D eigenvalue weighted by Crippen LogP contribution is 2.35. The zero-order valence-electron chi connectivity index (χ0n) is 12.3. The minimum atomic E-state index is -0.107. The Morgan fingerprint density at radius 3 is 2.26 bits per heavy atom. The summed E-state index contributed by atoms with van der Waals surface area (Å²) >= 11 is 0. The Morgan fingerprint density at radius 2 is 1.79 bits per heavy atom. The minimum Gasteiger partial charge on any atom is -0.394 e. The van der Waals surface area contributed by atoms with Crippen molar-refractivity contribution in [2.45, 2.75) is 62.9 Å². The zero-order valence-corrected chi connectivity index (χ0v) is 12.3. The van der Waals surface area contributed by atoms with E-state index in [1.54, 1.807) is 0 Å². The fourth-order valence-corrected chi connectivity index (χ4v) is 3.55. The van der Waals surface area contributed by atoms with E-state index in [0.29, 0.717) is 6.04 Å². The van der Waals surface area contributed by atoms with Gasteiger partial charge in [0.25, 0.3) is 0 Å². The van der Waals surface area contributed by atoms with Gasteiger partial charge < -0.3 is 15.3 Å². The number of nitrogens with one attached hydrogen (secondary N) is 1. The van der Waals surface area contributed by atoms with Gasteiger partial charge in [0.1, 0.15) is 0 Å². The first-order chi connectivity index (χ1) is 9.07. The van der Waals surface area contributed by atoms with Gasteiger partial charge in [-0.2, -0.15) is 0 Å². The number of likely N-dealkylation sites (N-methyl/N-ethyl adjacent to an activating group) is 1. The Balaban J connectivity index is 1.83. The molecule has 4 heteroatoms. The molecule has 0 heterocycles. The number of aliphatic hydroxyl groups is 1. The van der Waals surface area contributed by atoms with Crippen LogP contribution in [-0.2, 0) is 4.79 Å². The molecule has 2 saturated carbocycles. The van der Waals surface area contributed by atoms with Gasteiger partial charge in [0.05, 0.1) is 6.61 Å². The molecule has 0 radical (unpaired) electrons. The third-order valence-corrected chi connectivity index (χ3v) is 5.23. The highest BCUT2D eigenvalue weighted by molar-refractivity contribution is 5.79. The first kappa shape index (κ1) is 14.8. The van der Waals surface area contributed by atoms with E-state index in [-0.39, 0.29) is 24.0 Å². The fourth-order valence-electron chi connectivity index (χ4n) is 3.55. The van der Waals surface area contributed by atoms with E-state index in [1.165, 1.54) is 12.8 Å². The van der Waals surface area contributed by atoms with Crippen LogP contribution < -0.4 is 5.32 Å². The molecule has 0 aromatic heterocycles. The third kappa shape index (κ3) is 3.29. The molecule has 4 nitrogen and oxygen atoms in total. The smallest absolute Gasteiger partial charge is 0.223 e. The van der Waals surface area contributed by atoms with Gasteiger partial charge in [0.2, 0.25) is 5.91 Å². The van der Waals surface area contributed by atoms with Crippen LogP contribution in [-0.4, -0.2) is 48.2 Å². The van der Waals surface area contributed by atoms with Crippen molar-refractivity contribution >= 4 is 5.91 Å². The van der Waals surface area contributed by atoms with Crippen LogP contribution in [0.2, 0.25) is 0 Å². The minimum absolute atomic E-state index is 0.107. The van der Waals surface area contributed by atoms with Crippen molar-refractivity contribution < 1.29 is 9.90 Å². The molecular formula is C15H28N2O2. The Kier molecular flexibility index (Phi) is 4.85. The van der Waals surface area contributed by atoms with Gasteiger partial charge in [-0.05, 0) is 52.6 Å². The predicted molar refractivity (Wildman–Crippen MR) is 75.9 cm³/mol. The van der Waals surface area contributed by atoms with Crippen molar-refractivity contribution in [2.75, 3.05) is 20.7 Å². The van der Waals surface area contributed by atoms with E-state index >= 15 is 0 Å². The fraction of sp³-hybridized carbons (Fsp3) is 0.933. The number of hydrogen-bond acceptors (Lipinski definition) is 3. The number of rotatable bonds is 4. The average molecular weight is 268 g/mol. The number of nitrogens with zero attached hydrogens (tertiary/aromatic N) is 1. The van der Waals surface area contributed by atoms with Gasteiger partial charge in [-0.15, -0.1) is 0 Å². The number of carbonyl (C=O) groups is 1. The summed E-state index contributed by atoms with van der Waals surface area (Å²) in [5.74, 6) is 0.400. The first-order valence-electron chi connectivity index (χ1n) is 7.66. The summed E-state index contributed by atoms with van der Waals surface area (Å²) in [6, 6.07) is 0.422. The molecule has 2 fully saturated rings. The maximum Gasteiger partial charge on any atom is 0.223 e. The molecule has 1 amide bonds. The predicted octanol–water partition coefficient (Wildman–Crippen LogP) is 1.53. The Labute approximate surface area is 116 Å². The summed E-state index contributed by atoms with van der Waals surface area (Å²) in [6.45, 7) is 0.191. The molecule has 0 aromatic carbocycles. The van der Waals surface area contributed by atoms with Gasteiger partial charge in [0.15, 0.2) is 0 Å². The molecule has 0 aromatic rings. The second-order valence-electron chi connectivity index (χ2n) is 6.54. The molecular weight excluding hydrogens is 240 g/mol. The van der Waals surface area contributed by atoms with E-state index in [2.05, 4.69) is 10.2 Å². The van der Waals surface area contributed by atoms with Crippen LogP contribution in [0.4, 0.5) is 0 Å². The molecule has 19 heavy (non-hydrogen) atoms. The maximum absolute atomic E-state index is 12.2. The van der Waals surface area contributed by atoms with Crippen molar-refractivity contribution in [3.63, 3.8) is 0 Å². The Morgan fingerprint density at radius 1 is 1.21 bits per heavy atom. The SMILES string of the molecule is CN(C)C1(CO)CCC(C(=O)NC2CCCC2)CC1. The standard InChI is InChI=1S/C15H28N2O2/c1-17(2)15(11-18)9-7-12(8-10-15)14(19)16-13-5-3-4-6-13/h12-13,18H,3-11H2,1-2H3,(H,16,19). The monoisotopic (exact) mass is 268 g/mol. The molecule has 0 bridgehead atoms. The van der Waals surface area contributed by atoms with Crippen LogP contribution in [0.15, 0.2) is 0 Å². The van der Waals surface area contributed by atoms with Crippen molar-refractivity contribution in [1.82, 2.24) is 10.2 Å². The zero-order chi connectivity index (χ0) is 13.9.